The van der Waals surface area contributed by atoms with Crippen molar-refractivity contribution in [2.75, 3.05) is 0 Å². The molecule has 0 radical (unpaired) electrons. The number of aliphatic hydroxyl groups is 2. The van der Waals surface area contributed by atoms with Gasteiger partial charge < -0.3 is 24.4 Å². The smallest absolute Gasteiger partial charge is 0.186 e. The molecule has 1 aliphatic carbocycles. The lowest BCUT2D eigenvalue weighted by molar-refractivity contribution is -0.205. The van der Waals surface area contributed by atoms with Gasteiger partial charge in [0.15, 0.2) is 5.60 Å². The van der Waals surface area contributed by atoms with Gasteiger partial charge in [0.05, 0.1) is 11.7 Å². The predicted molar refractivity (Wildman–Crippen MR) is 73.4 cm³/mol. The second kappa shape index (κ2) is 3.70. The Bertz CT molecular complexity index is 587. The van der Waals surface area contributed by atoms with Crippen LogP contribution in [-0.2, 0) is 14.2 Å². The van der Waals surface area contributed by atoms with E-state index in [1.807, 2.05) is 20.8 Å². The molecule has 4 rings (SSSR count). The Kier molecular flexibility index (Phi) is 2.42. The molecule has 0 bridgehead atoms. The maximum absolute atomic E-state index is 10.5. The third-order valence-electron chi connectivity index (χ3n) is 5.16. The molecule has 21 heavy (non-hydrogen) atoms. The maximum Gasteiger partial charge on any atom is 0.186 e. The van der Waals surface area contributed by atoms with Crippen LogP contribution in [0.5, 0.6) is 0 Å². The van der Waals surface area contributed by atoms with Crippen molar-refractivity contribution in [3.05, 3.63) is 12.2 Å². The molecule has 0 aromatic carbocycles. The normalized spacial score (nSPS) is 55.2. The second-order valence-electron chi connectivity index (χ2n) is 7.16. The third-order valence-corrected chi connectivity index (χ3v) is 5.16. The molecular weight excluding hydrogens is 272 g/mol. The summed E-state index contributed by atoms with van der Waals surface area (Å²) in [5.41, 5.74) is -1.47. The van der Waals surface area contributed by atoms with Crippen LogP contribution in [0.15, 0.2) is 12.2 Å². The van der Waals surface area contributed by atoms with Crippen molar-refractivity contribution in [1.29, 1.82) is 0 Å². The van der Waals surface area contributed by atoms with E-state index in [-0.39, 0.29) is 18.3 Å². The van der Waals surface area contributed by atoms with Crippen molar-refractivity contribution < 1.29 is 24.4 Å². The van der Waals surface area contributed by atoms with Gasteiger partial charge >= 0.3 is 0 Å². The Labute approximate surface area is 123 Å². The van der Waals surface area contributed by atoms with Gasteiger partial charge in [-0.25, -0.2) is 0 Å². The highest BCUT2D eigenvalue weighted by Crippen LogP contribution is 2.65. The van der Waals surface area contributed by atoms with Crippen LogP contribution in [0.2, 0.25) is 0 Å². The standard InChI is InChI=1S/C16H20O5/c1-8(2)5-6-15-10(18)11-16(20-11)7-9(17)14(3,4)19-13(16)12(15)21-15/h9-13,17-18H,1,7H2,2-4H3. The van der Waals surface area contributed by atoms with E-state index in [4.69, 9.17) is 14.2 Å². The Balaban J connectivity index is 1.68. The Morgan fingerprint density at radius 3 is 2.52 bits per heavy atom. The lowest BCUT2D eigenvalue weighted by Gasteiger charge is -2.45. The summed E-state index contributed by atoms with van der Waals surface area (Å²) < 4.78 is 17.6. The fourth-order valence-corrected chi connectivity index (χ4v) is 3.72. The average molecular weight is 292 g/mol. The Morgan fingerprint density at radius 2 is 1.86 bits per heavy atom. The highest BCUT2D eigenvalue weighted by atomic mass is 16.7. The van der Waals surface area contributed by atoms with Gasteiger partial charge in [0.1, 0.15) is 30.0 Å². The van der Waals surface area contributed by atoms with Crippen LogP contribution >= 0.6 is 0 Å². The lowest BCUT2D eigenvalue weighted by atomic mass is 9.72. The summed E-state index contributed by atoms with van der Waals surface area (Å²) in [5.74, 6) is 5.90. The fraction of sp³-hybridized carbons (Fsp3) is 0.750. The van der Waals surface area contributed by atoms with Crippen molar-refractivity contribution in [2.24, 2.45) is 0 Å². The average Bonchev–Trinajstić information content (AvgIpc) is 3.25. The minimum absolute atomic E-state index is 0.302. The second-order valence-corrected chi connectivity index (χ2v) is 7.16. The molecule has 114 valence electrons. The fourth-order valence-electron chi connectivity index (χ4n) is 3.72. The van der Waals surface area contributed by atoms with Gasteiger partial charge in [-0.15, -0.1) is 0 Å². The minimum Gasteiger partial charge on any atom is -0.390 e. The van der Waals surface area contributed by atoms with Crippen LogP contribution < -0.4 is 0 Å². The largest absolute Gasteiger partial charge is 0.390 e. The van der Waals surface area contributed by atoms with Crippen molar-refractivity contribution in [3.63, 3.8) is 0 Å². The zero-order chi connectivity index (χ0) is 15.2. The van der Waals surface area contributed by atoms with Crippen LogP contribution in [-0.4, -0.2) is 57.5 Å². The molecule has 5 heteroatoms. The SMILES string of the molecule is C=C(C)C#CC12OC1C1OC(C)(C)C(O)CC13OC3C2O. The number of rotatable bonds is 0. The van der Waals surface area contributed by atoms with Crippen molar-refractivity contribution in [2.45, 2.75) is 74.5 Å². The molecule has 7 unspecified atom stereocenters. The number of ether oxygens (including phenoxy) is 3. The van der Waals surface area contributed by atoms with Gasteiger partial charge in [-0.2, -0.15) is 0 Å². The topological polar surface area (TPSA) is 74.8 Å². The number of epoxide rings is 2. The number of fused-ring (bicyclic) bond motifs is 2. The highest BCUT2D eigenvalue weighted by molar-refractivity contribution is 5.43. The Morgan fingerprint density at radius 1 is 1.14 bits per heavy atom. The zero-order valence-corrected chi connectivity index (χ0v) is 12.4. The third kappa shape index (κ3) is 1.60. The molecule has 4 fully saturated rings. The molecule has 0 aromatic heterocycles. The molecule has 3 saturated heterocycles. The van der Waals surface area contributed by atoms with Gasteiger partial charge in [0, 0.05) is 6.42 Å². The molecule has 2 N–H and O–H groups in total. The number of hydrogen-bond acceptors (Lipinski definition) is 5. The molecule has 1 saturated carbocycles. The summed E-state index contributed by atoms with van der Waals surface area (Å²) in [7, 11) is 0. The van der Waals surface area contributed by atoms with Gasteiger partial charge in [-0.1, -0.05) is 18.4 Å². The van der Waals surface area contributed by atoms with E-state index in [1.165, 1.54) is 0 Å². The quantitative estimate of drug-likeness (QED) is 0.491. The first-order valence-electron chi connectivity index (χ1n) is 7.31. The maximum atomic E-state index is 10.5. The predicted octanol–water partition coefficient (Wildman–Crippen LogP) is 0.144. The van der Waals surface area contributed by atoms with Gasteiger partial charge in [-0.05, 0) is 26.3 Å². The van der Waals surface area contributed by atoms with Gasteiger partial charge in [0.25, 0.3) is 0 Å². The van der Waals surface area contributed by atoms with Crippen molar-refractivity contribution >= 4 is 0 Å². The molecule has 3 aliphatic heterocycles. The van der Waals surface area contributed by atoms with Crippen LogP contribution in [0, 0.1) is 11.8 Å². The van der Waals surface area contributed by atoms with Crippen molar-refractivity contribution in [1.82, 2.24) is 0 Å². The summed E-state index contributed by atoms with van der Waals surface area (Å²) in [5, 5.41) is 20.8. The first-order chi connectivity index (χ1) is 9.73. The molecule has 1 spiro atoms. The van der Waals surface area contributed by atoms with Crippen LogP contribution in [0.1, 0.15) is 27.2 Å². The first kappa shape index (κ1) is 13.7. The number of aliphatic hydroxyl groups excluding tert-OH is 2. The molecule has 3 heterocycles. The van der Waals surface area contributed by atoms with Crippen LogP contribution in [0.25, 0.3) is 0 Å². The summed E-state index contributed by atoms with van der Waals surface area (Å²) >= 11 is 0. The molecule has 0 aromatic rings. The molecular formula is C16H20O5. The first-order valence-corrected chi connectivity index (χ1v) is 7.31. The van der Waals surface area contributed by atoms with Crippen molar-refractivity contribution in [3.8, 4) is 11.8 Å². The molecule has 5 nitrogen and oxygen atoms in total. The summed E-state index contributed by atoms with van der Waals surface area (Å²) in [4.78, 5) is 0. The minimum atomic E-state index is -0.910. The van der Waals surface area contributed by atoms with Gasteiger partial charge in [0.2, 0.25) is 0 Å². The summed E-state index contributed by atoms with van der Waals surface area (Å²) in [6.07, 6.45) is -1.99. The summed E-state index contributed by atoms with van der Waals surface area (Å²) in [6.45, 7) is 9.28. The summed E-state index contributed by atoms with van der Waals surface area (Å²) in [6, 6.07) is 0. The van der Waals surface area contributed by atoms with E-state index < -0.39 is 29.0 Å². The molecule has 0 amide bonds. The lowest BCUT2D eigenvalue weighted by Crippen LogP contribution is -2.62. The van der Waals surface area contributed by atoms with Crippen LogP contribution in [0.4, 0.5) is 0 Å². The van der Waals surface area contributed by atoms with Gasteiger partial charge in [-0.3, -0.25) is 0 Å². The molecule has 7 atom stereocenters. The van der Waals surface area contributed by atoms with E-state index >= 15 is 0 Å². The van der Waals surface area contributed by atoms with Crippen LogP contribution in [0.3, 0.4) is 0 Å². The number of allylic oxidation sites excluding steroid dienone is 1. The zero-order valence-electron chi connectivity index (χ0n) is 12.4. The van der Waals surface area contributed by atoms with E-state index in [1.54, 1.807) is 0 Å². The monoisotopic (exact) mass is 292 g/mol. The van der Waals surface area contributed by atoms with E-state index in [0.717, 1.165) is 5.57 Å². The molecule has 4 aliphatic rings. The Hall–Kier alpha value is -0.900. The highest BCUT2D eigenvalue weighted by Gasteiger charge is 2.85. The van der Waals surface area contributed by atoms with E-state index in [9.17, 15) is 10.2 Å². The number of hydrogen-bond donors (Lipinski definition) is 2. The van der Waals surface area contributed by atoms with E-state index in [2.05, 4.69) is 18.4 Å². The van der Waals surface area contributed by atoms with E-state index in [0.29, 0.717) is 6.42 Å².